The lowest BCUT2D eigenvalue weighted by Gasteiger charge is -2.13. The Kier molecular flexibility index (Phi) is 4.37. The smallest absolute Gasteiger partial charge is 0.433 e. The van der Waals surface area contributed by atoms with Crippen molar-refractivity contribution < 1.29 is 22.7 Å². The van der Waals surface area contributed by atoms with E-state index < -0.39 is 23.5 Å². The van der Waals surface area contributed by atoms with E-state index in [0.717, 1.165) is 0 Å². The third kappa shape index (κ3) is 3.04. The van der Waals surface area contributed by atoms with Gasteiger partial charge in [0, 0.05) is 11.1 Å². The maximum Gasteiger partial charge on any atom is 0.433 e. The average molecular weight is 331 g/mol. The lowest BCUT2D eigenvalue weighted by atomic mass is 10.1. The minimum atomic E-state index is -4.73. The minimum absolute atomic E-state index is 0.0168. The molecule has 8 heteroatoms. The number of ether oxygens (including phenoxy) is 1. The lowest BCUT2D eigenvalue weighted by molar-refractivity contribution is -0.141. The van der Waals surface area contributed by atoms with Crippen molar-refractivity contribution in [3.8, 4) is 5.88 Å². The van der Waals surface area contributed by atoms with Crippen LogP contribution >= 0.6 is 11.6 Å². The molecule has 2 aromatic rings. The number of nitrogens with zero attached hydrogens (tertiary/aromatic N) is 2. The Hall–Kier alpha value is -2.15. The van der Waals surface area contributed by atoms with Crippen LogP contribution < -0.4 is 4.74 Å². The summed E-state index contributed by atoms with van der Waals surface area (Å²) in [5, 5.41) is 0.101. The number of halogens is 4. The standard InChI is InChI=1S/C14H10ClF3N2O2/c1-7-11(14(16,17)18)19-12(20-13(7)22-2)10(21)8-5-3-4-6-9(8)15/h3-6H,1-2H3. The van der Waals surface area contributed by atoms with E-state index in [2.05, 4.69) is 9.97 Å². The van der Waals surface area contributed by atoms with Crippen LogP contribution in [0.1, 0.15) is 27.4 Å². The van der Waals surface area contributed by atoms with Gasteiger partial charge in [-0.1, -0.05) is 23.7 Å². The highest BCUT2D eigenvalue weighted by molar-refractivity contribution is 6.34. The Labute approximate surface area is 128 Å². The van der Waals surface area contributed by atoms with Gasteiger partial charge in [-0.2, -0.15) is 18.2 Å². The summed E-state index contributed by atoms with van der Waals surface area (Å²) in [7, 11) is 1.17. The summed E-state index contributed by atoms with van der Waals surface area (Å²) in [5.74, 6) is -1.74. The van der Waals surface area contributed by atoms with Gasteiger partial charge >= 0.3 is 6.18 Å². The van der Waals surface area contributed by atoms with Gasteiger partial charge in [-0.15, -0.1) is 0 Å². The van der Waals surface area contributed by atoms with Crippen molar-refractivity contribution in [2.24, 2.45) is 0 Å². The fraction of sp³-hybridized carbons (Fsp3) is 0.214. The molecule has 0 radical (unpaired) electrons. The molecule has 0 aliphatic carbocycles. The molecule has 0 amide bonds. The van der Waals surface area contributed by atoms with Gasteiger partial charge in [0.05, 0.1) is 12.1 Å². The Morgan fingerprint density at radius 1 is 1.23 bits per heavy atom. The molecule has 0 bridgehead atoms. The molecule has 0 aliphatic heterocycles. The second-order valence-electron chi connectivity index (χ2n) is 4.34. The van der Waals surface area contributed by atoms with Gasteiger partial charge in [-0.25, -0.2) is 4.98 Å². The zero-order valence-corrected chi connectivity index (χ0v) is 12.3. The van der Waals surface area contributed by atoms with Crippen LogP contribution in [0.25, 0.3) is 0 Å². The molecule has 116 valence electrons. The van der Waals surface area contributed by atoms with E-state index in [9.17, 15) is 18.0 Å². The number of aromatic nitrogens is 2. The van der Waals surface area contributed by atoms with E-state index in [1.165, 1.54) is 32.2 Å². The first-order valence-corrected chi connectivity index (χ1v) is 6.42. The molecular weight excluding hydrogens is 321 g/mol. The van der Waals surface area contributed by atoms with Gasteiger partial charge in [0.2, 0.25) is 17.5 Å². The third-order valence-corrected chi connectivity index (χ3v) is 3.21. The van der Waals surface area contributed by atoms with Crippen molar-refractivity contribution in [3.05, 3.63) is 51.9 Å². The van der Waals surface area contributed by atoms with E-state index in [-0.39, 0.29) is 22.0 Å². The number of benzene rings is 1. The Morgan fingerprint density at radius 3 is 2.41 bits per heavy atom. The van der Waals surface area contributed by atoms with E-state index in [1.807, 2.05) is 0 Å². The largest absolute Gasteiger partial charge is 0.481 e. The molecule has 1 heterocycles. The van der Waals surface area contributed by atoms with Gasteiger partial charge in [-0.05, 0) is 19.1 Å². The predicted molar refractivity (Wildman–Crippen MR) is 73.2 cm³/mol. The molecule has 4 nitrogen and oxygen atoms in total. The molecule has 0 N–H and O–H groups in total. The molecule has 0 saturated carbocycles. The maximum absolute atomic E-state index is 13.0. The van der Waals surface area contributed by atoms with Crippen molar-refractivity contribution in [2.45, 2.75) is 13.1 Å². The van der Waals surface area contributed by atoms with Crippen LogP contribution in [-0.4, -0.2) is 22.9 Å². The van der Waals surface area contributed by atoms with Crippen LogP contribution in [0.3, 0.4) is 0 Å². The SMILES string of the molecule is COc1nc(C(=O)c2ccccc2Cl)nc(C(F)(F)F)c1C. The molecule has 1 aromatic carbocycles. The number of ketones is 1. The normalized spacial score (nSPS) is 11.4. The number of hydrogen-bond donors (Lipinski definition) is 0. The van der Waals surface area contributed by atoms with E-state index >= 15 is 0 Å². The van der Waals surface area contributed by atoms with Crippen molar-refractivity contribution in [2.75, 3.05) is 7.11 Å². The molecule has 0 spiro atoms. The van der Waals surface area contributed by atoms with Crippen LogP contribution in [0.2, 0.25) is 5.02 Å². The number of carbonyl (C=O) groups is 1. The second kappa shape index (κ2) is 5.92. The fourth-order valence-corrected chi connectivity index (χ4v) is 2.06. The molecule has 2 rings (SSSR count). The summed E-state index contributed by atoms with van der Waals surface area (Å²) < 4.78 is 43.8. The summed E-state index contributed by atoms with van der Waals surface area (Å²) in [5.41, 5.74) is -1.48. The van der Waals surface area contributed by atoms with E-state index in [1.54, 1.807) is 6.07 Å². The molecule has 1 aromatic heterocycles. The molecule has 0 unspecified atom stereocenters. The predicted octanol–water partition coefficient (Wildman–Crippen LogP) is 3.70. The number of carbonyl (C=O) groups excluding carboxylic acids is 1. The van der Waals surface area contributed by atoms with Crippen LogP contribution in [0.5, 0.6) is 5.88 Å². The Bertz CT molecular complexity index is 733. The lowest BCUT2D eigenvalue weighted by Crippen LogP contribution is -2.18. The van der Waals surface area contributed by atoms with Crippen molar-refractivity contribution in [3.63, 3.8) is 0 Å². The highest BCUT2D eigenvalue weighted by atomic mass is 35.5. The molecule has 0 fully saturated rings. The molecule has 0 saturated heterocycles. The number of rotatable bonds is 3. The van der Waals surface area contributed by atoms with Crippen LogP contribution in [-0.2, 0) is 6.18 Å². The van der Waals surface area contributed by atoms with Crippen LogP contribution in [0.15, 0.2) is 24.3 Å². The Morgan fingerprint density at radius 2 is 1.86 bits per heavy atom. The summed E-state index contributed by atoms with van der Waals surface area (Å²) in [6.07, 6.45) is -4.73. The monoisotopic (exact) mass is 330 g/mol. The Balaban J connectivity index is 2.61. The molecule has 0 atom stereocenters. The second-order valence-corrected chi connectivity index (χ2v) is 4.74. The summed E-state index contributed by atoms with van der Waals surface area (Å²) in [4.78, 5) is 19.4. The zero-order chi connectivity index (χ0) is 16.5. The van der Waals surface area contributed by atoms with Crippen LogP contribution in [0.4, 0.5) is 13.2 Å². The summed E-state index contributed by atoms with van der Waals surface area (Å²) >= 11 is 5.87. The van der Waals surface area contributed by atoms with Gasteiger partial charge in [0.25, 0.3) is 0 Å². The average Bonchev–Trinajstić information content (AvgIpc) is 2.46. The number of alkyl halides is 3. The molecule has 0 aliphatic rings. The topological polar surface area (TPSA) is 52.1 Å². The van der Waals surface area contributed by atoms with Crippen molar-refractivity contribution in [1.82, 2.24) is 9.97 Å². The zero-order valence-electron chi connectivity index (χ0n) is 11.5. The van der Waals surface area contributed by atoms with E-state index in [0.29, 0.717) is 0 Å². The quantitative estimate of drug-likeness (QED) is 0.805. The first kappa shape index (κ1) is 16.2. The third-order valence-electron chi connectivity index (χ3n) is 2.88. The summed E-state index contributed by atoms with van der Waals surface area (Å²) in [6, 6.07) is 5.96. The van der Waals surface area contributed by atoms with E-state index in [4.69, 9.17) is 16.3 Å². The molecule has 22 heavy (non-hydrogen) atoms. The summed E-state index contributed by atoms with van der Waals surface area (Å²) in [6.45, 7) is 1.17. The maximum atomic E-state index is 13.0. The van der Waals surface area contributed by atoms with Gasteiger partial charge in [0.15, 0.2) is 5.69 Å². The highest BCUT2D eigenvalue weighted by Crippen LogP contribution is 2.33. The first-order chi connectivity index (χ1) is 10.3. The first-order valence-electron chi connectivity index (χ1n) is 6.04. The minimum Gasteiger partial charge on any atom is -0.481 e. The van der Waals surface area contributed by atoms with Gasteiger partial charge in [-0.3, -0.25) is 4.79 Å². The number of methoxy groups -OCH3 is 1. The van der Waals surface area contributed by atoms with Gasteiger partial charge in [0.1, 0.15) is 0 Å². The number of hydrogen-bond acceptors (Lipinski definition) is 4. The highest BCUT2D eigenvalue weighted by Gasteiger charge is 2.37. The van der Waals surface area contributed by atoms with Crippen LogP contribution in [0, 0.1) is 6.92 Å². The molecular formula is C14H10ClF3N2O2. The van der Waals surface area contributed by atoms with Gasteiger partial charge < -0.3 is 4.74 Å². The fourth-order valence-electron chi connectivity index (χ4n) is 1.84. The van der Waals surface area contributed by atoms with Crippen molar-refractivity contribution in [1.29, 1.82) is 0 Å². The van der Waals surface area contributed by atoms with Crippen molar-refractivity contribution >= 4 is 17.4 Å².